The number of nitrogens with zero attached hydrogens (tertiary/aromatic N) is 2. The van der Waals surface area contributed by atoms with Gasteiger partial charge < -0.3 is 21.7 Å². The van der Waals surface area contributed by atoms with Gasteiger partial charge in [-0.15, -0.1) is 0 Å². The Hall–Kier alpha value is -2.25. The summed E-state index contributed by atoms with van der Waals surface area (Å²) in [7, 11) is 2.19. The summed E-state index contributed by atoms with van der Waals surface area (Å²) in [4.78, 5) is 17.7. The monoisotopic (exact) mass is 475 g/mol. The van der Waals surface area contributed by atoms with Crippen molar-refractivity contribution in [3.8, 4) is 11.1 Å². The van der Waals surface area contributed by atoms with Crippen molar-refractivity contribution in [1.82, 2.24) is 15.1 Å². The van der Waals surface area contributed by atoms with Crippen molar-refractivity contribution in [2.24, 2.45) is 16.9 Å². The number of carbonyl (C=O) groups excluding carboxylic acids is 1. The number of hydrogen-bond acceptors (Lipinski definition) is 5. The van der Waals surface area contributed by atoms with Crippen molar-refractivity contribution in [2.75, 3.05) is 33.2 Å². The quantitative estimate of drug-likeness (QED) is 0.536. The second-order valence-corrected chi connectivity index (χ2v) is 11.4. The smallest absolute Gasteiger partial charge is 0.241 e. The molecule has 0 unspecified atom stereocenters. The summed E-state index contributed by atoms with van der Waals surface area (Å²) in [6, 6.07) is 17.4. The van der Waals surface area contributed by atoms with E-state index in [-0.39, 0.29) is 5.91 Å². The van der Waals surface area contributed by atoms with E-state index in [9.17, 15) is 4.79 Å². The zero-order chi connectivity index (χ0) is 24.5. The summed E-state index contributed by atoms with van der Waals surface area (Å²) < 4.78 is 0. The molecule has 1 amide bonds. The van der Waals surface area contributed by atoms with Gasteiger partial charge in [0.05, 0.1) is 11.7 Å². The van der Waals surface area contributed by atoms with E-state index in [2.05, 4.69) is 70.7 Å². The number of carbonyl (C=O) groups is 1. The van der Waals surface area contributed by atoms with Crippen LogP contribution in [0.25, 0.3) is 11.1 Å². The molecule has 2 aromatic rings. The van der Waals surface area contributed by atoms with Crippen LogP contribution in [-0.4, -0.2) is 60.6 Å². The minimum absolute atomic E-state index is 0.0891. The van der Waals surface area contributed by atoms with Crippen LogP contribution in [0.15, 0.2) is 48.5 Å². The molecule has 2 aromatic carbocycles. The molecule has 35 heavy (non-hydrogen) atoms. The maximum Gasteiger partial charge on any atom is 0.241 e. The summed E-state index contributed by atoms with van der Waals surface area (Å²) in [5.41, 5.74) is 17.4. The first-order valence-corrected chi connectivity index (χ1v) is 13.3. The largest absolute Gasteiger partial charge is 0.339 e. The van der Waals surface area contributed by atoms with Gasteiger partial charge in [0, 0.05) is 39.1 Å². The number of amides is 1. The third-order valence-electron chi connectivity index (χ3n) is 8.63. The Balaban J connectivity index is 1.11. The van der Waals surface area contributed by atoms with Gasteiger partial charge in [0.25, 0.3) is 0 Å². The van der Waals surface area contributed by atoms with E-state index in [1.807, 2.05) is 0 Å². The molecule has 5 rings (SSSR count). The number of nitrogens with one attached hydrogen (secondary N) is 1. The fraction of sp³-hybridized carbons (Fsp3) is 0.552. The van der Waals surface area contributed by atoms with E-state index in [0.29, 0.717) is 11.8 Å². The average Bonchev–Trinajstić information content (AvgIpc) is 3.63. The summed E-state index contributed by atoms with van der Waals surface area (Å²) in [5, 5.41) is 2.98. The minimum Gasteiger partial charge on any atom is -0.339 e. The number of likely N-dealkylation sites (N-methyl/N-ethyl adjacent to an activating group) is 1. The van der Waals surface area contributed by atoms with Crippen LogP contribution in [0, 0.1) is 5.41 Å². The molecular weight excluding hydrogens is 434 g/mol. The molecule has 1 atom stereocenters. The van der Waals surface area contributed by atoms with E-state index >= 15 is 0 Å². The minimum atomic E-state index is -0.758. The van der Waals surface area contributed by atoms with Gasteiger partial charge >= 0.3 is 0 Å². The van der Waals surface area contributed by atoms with Gasteiger partial charge in [-0.2, -0.15) is 0 Å². The SMILES string of the molecule is CN1CCN(Cc2ccc(-c3ccc(C[C@@H](N)NC(=O)C4(N)CCC5(CC5)CC4)cc3)cc2)CC1. The molecule has 5 N–H and O–H groups in total. The fourth-order valence-electron chi connectivity index (χ4n) is 5.65. The van der Waals surface area contributed by atoms with Crippen LogP contribution in [0.5, 0.6) is 0 Å². The van der Waals surface area contributed by atoms with Gasteiger partial charge in [0.1, 0.15) is 0 Å². The third-order valence-corrected chi connectivity index (χ3v) is 8.63. The van der Waals surface area contributed by atoms with E-state index < -0.39 is 11.7 Å². The highest BCUT2D eigenvalue weighted by molar-refractivity contribution is 5.86. The summed E-state index contributed by atoms with van der Waals surface area (Å²) in [6.45, 7) is 5.57. The number of piperazine rings is 1. The first-order valence-electron chi connectivity index (χ1n) is 13.3. The van der Waals surface area contributed by atoms with Crippen LogP contribution in [0.3, 0.4) is 0 Å². The van der Waals surface area contributed by atoms with E-state index in [1.54, 1.807) is 0 Å². The molecule has 3 fully saturated rings. The first-order chi connectivity index (χ1) is 16.8. The van der Waals surface area contributed by atoms with Crippen LogP contribution in [0.4, 0.5) is 0 Å². The molecule has 6 nitrogen and oxygen atoms in total. The lowest BCUT2D eigenvalue weighted by molar-refractivity contribution is -0.128. The first kappa shape index (κ1) is 24.4. The third kappa shape index (κ3) is 5.95. The van der Waals surface area contributed by atoms with Gasteiger partial charge in [-0.3, -0.25) is 9.69 Å². The summed E-state index contributed by atoms with van der Waals surface area (Å²) in [5.74, 6) is -0.0891. The normalized spacial score (nSPS) is 22.6. The van der Waals surface area contributed by atoms with Crippen molar-refractivity contribution in [3.05, 3.63) is 59.7 Å². The Bertz CT molecular complexity index is 996. The molecule has 1 spiro atoms. The second-order valence-electron chi connectivity index (χ2n) is 11.4. The molecule has 6 heteroatoms. The zero-order valence-corrected chi connectivity index (χ0v) is 21.1. The van der Waals surface area contributed by atoms with Crippen molar-refractivity contribution < 1.29 is 4.79 Å². The lowest BCUT2D eigenvalue weighted by Gasteiger charge is -2.36. The van der Waals surface area contributed by atoms with Crippen LogP contribution < -0.4 is 16.8 Å². The molecule has 0 aromatic heterocycles. The molecule has 2 saturated carbocycles. The maximum absolute atomic E-state index is 12.8. The van der Waals surface area contributed by atoms with Gasteiger partial charge in [0.15, 0.2) is 0 Å². The lowest BCUT2D eigenvalue weighted by atomic mass is 9.74. The summed E-state index contributed by atoms with van der Waals surface area (Å²) >= 11 is 0. The van der Waals surface area contributed by atoms with Crippen molar-refractivity contribution in [2.45, 2.75) is 63.2 Å². The van der Waals surface area contributed by atoms with Crippen LogP contribution >= 0.6 is 0 Å². The number of benzene rings is 2. The van der Waals surface area contributed by atoms with E-state index in [0.717, 1.165) is 64.0 Å². The Labute approximate surface area is 210 Å². The van der Waals surface area contributed by atoms with E-state index in [1.165, 1.54) is 29.5 Å². The standard InChI is InChI=1S/C29H41N5O/c1-33-16-18-34(19-17-33)21-23-4-8-25(9-5-23)24-6-2-22(3-7-24)20-26(30)32-27(35)29(31)14-12-28(10-11-28)13-15-29/h2-9,26H,10-21,30-31H2,1H3,(H,32,35)/t26-/m0/s1. The Morgan fingerprint density at radius 1 is 0.857 bits per heavy atom. The Morgan fingerprint density at radius 2 is 1.37 bits per heavy atom. The molecule has 1 aliphatic heterocycles. The highest BCUT2D eigenvalue weighted by atomic mass is 16.2. The van der Waals surface area contributed by atoms with Gasteiger partial charge in [-0.25, -0.2) is 0 Å². The molecule has 188 valence electrons. The maximum atomic E-state index is 12.8. The highest BCUT2D eigenvalue weighted by Crippen LogP contribution is 2.57. The zero-order valence-electron chi connectivity index (χ0n) is 21.1. The molecule has 0 bridgehead atoms. The van der Waals surface area contributed by atoms with Gasteiger partial charge in [0.2, 0.25) is 5.91 Å². The molecule has 1 saturated heterocycles. The average molecular weight is 476 g/mol. The fourth-order valence-corrected chi connectivity index (χ4v) is 5.65. The molecule has 3 aliphatic rings. The van der Waals surface area contributed by atoms with Gasteiger partial charge in [-0.1, -0.05) is 48.5 Å². The van der Waals surface area contributed by atoms with Gasteiger partial charge in [-0.05, 0) is 73.2 Å². The number of hydrogen-bond donors (Lipinski definition) is 3. The molecule has 1 heterocycles. The number of rotatable bonds is 7. The Kier molecular flexibility index (Phi) is 6.99. The number of nitrogens with two attached hydrogens (primary N) is 2. The van der Waals surface area contributed by atoms with Crippen molar-refractivity contribution in [3.63, 3.8) is 0 Å². The van der Waals surface area contributed by atoms with Crippen LogP contribution in [0.1, 0.15) is 49.7 Å². The topological polar surface area (TPSA) is 87.6 Å². The lowest BCUT2D eigenvalue weighted by Crippen LogP contribution is -2.59. The molecule has 0 radical (unpaired) electrons. The predicted octanol–water partition coefficient (Wildman–Crippen LogP) is 3.10. The predicted molar refractivity (Wildman–Crippen MR) is 142 cm³/mol. The van der Waals surface area contributed by atoms with Crippen LogP contribution in [0.2, 0.25) is 0 Å². The Morgan fingerprint density at radius 3 is 1.91 bits per heavy atom. The summed E-state index contributed by atoms with van der Waals surface area (Å²) in [6.07, 6.45) is 6.47. The highest BCUT2D eigenvalue weighted by Gasteiger charge is 2.50. The second kappa shape index (κ2) is 10.0. The molecule has 2 aliphatic carbocycles. The van der Waals surface area contributed by atoms with Crippen molar-refractivity contribution in [1.29, 1.82) is 0 Å². The van der Waals surface area contributed by atoms with Crippen LogP contribution in [-0.2, 0) is 17.8 Å². The van der Waals surface area contributed by atoms with Crippen molar-refractivity contribution >= 4 is 5.91 Å². The molecular formula is C29H41N5O. The van der Waals surface area contributed by atoms with E-state index in [4.69, 9.17) is 11.5 Å².